The molecule has 26 heavy (non-hydrogen) atoms. The fourth-order valence-electron chi connectivity index (χ4n) is 2.35. The lowest BCUT2D eigenvalue weighted by Gasteiger charge is -2.14. The van der Waals surface area contributed by atoms with Crippen molar-refractivity contribution in [2.45, 2.75) is 46.6 Å². The van der Waals surface area contributed by atoms with E-state index in [2.05, 4.69) is 5.32 Å². The summed E-state index contributed by atoms with van der Waals surface area (Å²) in [7, 11) is 0. The van der Waals surface area contributed by atoms with Gasteiger partial charge in [0, 0.05) is 35.8 Å². The highest BCUT2D eigenvalue weighted by Gasteiger charge is 2.10. The molecule has 0 spiro atoms. The number of nitrogens with zero attached hydrogens (tertiary/aromatic N) is 1. The second-order valence-corrected chi connectivity index (χ2v) is 6.77. The lowest BCUT2D eigenvalue weighted by molar-refractivity contribution is -0.116. The first-order valence-corrected chi connectivity index (χ1v) is 9.77. The maximum absolute atomic E-state index is 12.2. The third kappa shape index (κ3) is 5.62. The molecule has 6 nitrogen and oxygen atoms in total. The molecule has 0 unspecified atom stereocenters. The second-order valence-electron chi connectivity index (χ2n) is 5.95. The predicted octanol–water partition coefficient (Wildman–Crippen LogP) is 3.82. The Morgan fingerprint density at radius 3 is 2.46 bits per heavy atom. The van der Waals surface area contributed by atoms with Gasteiger partial charge in [-0.05, 0) is 31.9 Å². The van der Waals surface area contributed by atoms with Crippen LogP contribution in [0.5, 0.6) is 11.5 Å². The Balaban J connectivity index is 2.00. The van der Waals surface area contributed by atoms with E-state index in [0.29, 0.717) is 36.9 Å². The lowest BCUT2D eigenvalue weighted by atomic mass is 10.2. The van der Waals surface area contributed by atoms with Crippen LogP contribution in [0.25, 0.3) is 0 Å². The van der Waals surface area contributed by atoms with Crippen molar-refractivity contribution < 1.29 is 14.3 Å². The van der Waals surface area contributed by atoms with Gasteiger partial charge in [-0.15, -0.1) is 0 Å². The van der Waals surface area contributed by atoms with Crippen LogP contribution in [0.1, 0.15) is 38.8 Å². The van der Waals surface area contributed by atoms with Gasteiger partial charge in [0.1, 0.15) is 0 Å². The largest absolute Gasteiger partial charge is 0.490 e. The molecule has 142 valence electrons. The van der Waals surface area contributed by atoms with Crippen molar-refractivity contribution in [1.82, 2.24) is 4.57 Å². The molecule has 1 N–H and O–H groups in total. The van der Waals surface area contributed by atoms with Crippen LogP contribution in [0.3, 0.4) is 0 Å². The van der Waals surface area contributed by atoms with E-state index in [-0.39, 0.29) is 17.2 Å². The van der Waals surface area contributed by atoms with Gasteiger partial charge in [-0.2, -0.15) is 0 Å². The number of amides is 1. The lowest BCUT2D eigenvalue weighted by Crippen LogP contribution is -2.20. The first-order valence-electron chi connectivity index (χ1n) is 8.89. The minimum Gasteiger partial charge on any atom is -0.490 e. The topological polar surface area (TPSA) is 69.6 Å². The van der Waals surface area contributed by atoms with Crippen LogP contribution in [0.2, 0.25) is 0 Å². The number of rotatable bonds is 10. The number of aryl methyl sites for hydroxylation is 1. The van der Waals surface area contributed by atoms with Crippen LogP contribution in [0.4, 0.5) is 5.69 Å². The Hall–Kier alpha value is -2.28. The molecular formula is C19H26N2O4S. The second kappa shape index (κ2) is 10.0. The fourth-order valence-corrected chi connectivity index (χ4v) is 3.11. The van der Waals surface area contributed by atoms with E-state index in [4.69, 9.17) is 9.47 Å². The summed E-state index contributed by atoms with van der Waals surface area (Å²) in [5, 5.41) is 4.66. The van der Waals surface area contributed by atoms with Gasteiger partial charge < -0.3 is 19.4 Å². The van der Waals surface area contributed by atoms with E-state index in [9.17, 15) is 9.59 Å². The molecule has 0 saturated heterocycles. The highest BCUT2D eigenvalue weighted by Crippen LogP contribution is 2.31. The molecule has 0 atom stereocenters. The van der Waals surface area contributed by atoms with Gasteiger partial charge >= 0.3 is 4.87 Å². The van der Waals surface area contributed by atoms with Crippen molar-refractivity contribution in [2.24, 2.45) is 0 Å². The Kier molecular flexibility index (Phi) is 7.72. The molecule has 0 aliphatic carbocycles. The zero-order valence-corrected chi connectivity index (χ0v) is 16.4. The van der Waals surface area contributed by atoms with Crippen LogP contribution in [0.15, 0.2) is 28.4 Å². The summed E-state index contributed by atoms with van der Waals surface area (Å²) >= 11 is 1.15. The number of anilines is 1. The van der Waals surface area contributed by atoms with Gasteiger partial charge in [0.15, 0.2) is 11.5 Å². The molecular weight excluding hydrogens is 352 g/mol. The minimum absolute atomic E-state index is 0.0389. The average molecular weight is 378 g/mol. The highest BCUT2D eigenvalue weighted by atomic mass is 32.1. The monoisotopic (exact) mass is 378 g/mol. The van der Waals surface area contributed by atoms with E-state index in [1.807, 2.05) is 26.8 Å². The smallest absolute Gasteiger partial charge is 0.307 e. The number of benzene rings is 1. The van der Waals surface area contributed by atoms with Crippen LogP contribution in [0, 0.1) is 6.92 Å². The average Bonchev–Trinajstić information content (AvgIpc) is 2.95. The molecule has 0 aliphatic heterocycles. The van der Waals surface area contributed by atoms with Crippen molar-refractivity contribution in [1.29, 1.82) is 0 Å². The summed E-state index contributed by atoms with van der Waals surface area (Å²) in [4.78, 5) is 23.9. The standard InChI is InChI=1S/C19H26N2O4S/c1-4-10-24-16-7-6-15(12-17(16)25-11-5-2)20-18(22)8-9-21-14(3)13-26-19(21)23/h6-7,12-13H,4-5,8-11H2,1-3H3,(H,20,22). The summed E-state index contributed by atoms with van der Waals surface area (Å²) < 4.78 is 13.0. The minimum atomic E-state index is -0.147. The number of nitrogens with one attached hydrogen (secondary N) is 1. The quantitative estimate of drug-likeness (QED) is 0.682. The first-order chi connectivity index (χ1) is 12.5. The van der Waals surface area contributed by atoms with E-state index >= 15 is 0 Å². The maximum Gasteiger partial charge on any atom is 0.307 e. The van der Waals surface area contributed by atoms with E-state index in [0.717, 1.165) is 29.9 Å². The molecule has 1 aromatic carbocycles. The van der Waals surface area contributed by atoms with Gasteiger partial charge in [-0.1, -0.05) is 25.2 Å². The number of hydrogen-bond donors (Lipinski definition) is 1. The highest BCUT2D eigenvalue weighted by molar-refractivity contribution is 7.07. The molecule has 0 fully saturated rings. The van der Waals surface area contributed by atoms with Crippen LogP contribution in [-0.2, 0) is 11.3 Å². The van der Waals surface area contributed by atoms with Crippen molar-refractivity contribution in [3.8, 4) is 11.5 Å². The van der Waals surface area contributed by atoms with Crippen molar-refractivity contribution in [3.63, 3.8) is 0 Å². The van der Waals surface area contributed by atoms with Crippen molar-refractivity contribution >= 4 is 22.9 Å². The molecule has 0 aliphatic rings. The van der Waals surface area contributed by atoms with Gasteiger partial charge in [0.25, 0.3) is 0 Å². The van der Waals surface area contributed by atoms with E-state index in [1.54, 1.807) is 22.1 Å². The van der Waals surface area contributed by atoms with Gasteiger partial charge in [0.2, 0.25) is 5.91 Å². The number of hydrogen-bond acceptors (Lipinski definition) is 5. The summed E-state index contributed by atoms with van der Waals surface area (Å²) in [5.74, 6) is 1.16. The molecule has 0 saturated carbocycles. The number of carbonyl (C=O) groups excluding carboxylic acids is 1. The normalized spacial score (nSPS) is 10.6. The Morgan fingerprint density at radius 1 is 1.15 bits per heavy atom. The Morgan fingerprint density at radius 2 is 1.85 bits per heavy atom. The number of carbonyl (C=O) groups is 1. The van der Waals surface area contributed by atoms with Gasteiger partial charge in [0.05, 0.1) is 13.2 Å². The third-order valence-corrected chi connectivity index (χ3v) is 4.57. The van der Waals surface area contributed by atoms with Crippen LogP contribution >= 0.6 is 11.3 Å². The molecule has 0 radical (unpaired) electrons. The summed E-state index contributed by atoms with van der Waals surface area (Å²) in [6.07, 6.45) is 2.03. The molecule has 1 heterocycles. The van der Waals surface area contributed by atoms with Crippen molar-refractivity contribution in [2.75, 3.05) is 18.5 Å². The predicted molar refractivity (Wildman–Crippen MR) is 105 cm³/mol. The van der Waals surface area contributed by atoms with Gasteiger partial charge in [-0.25, -0.2) is 0 Å². The summed E-state index contributed by atoms with van der Waals surface area (Å²) in [6, 6.07) is 5.38. The molecule has 2 rings (SSSR count). The number of thiazole rings is 1. The molecule has 1 amide bonds. The number of aromatic nitrogens is 1. The van der Waals surface area contributed by atoms with E-state index < -0.39 is 0 Å². The first kappa shape index (κ1) is 20.0. The SMILES string of the molecule is CCCOc1ccc(NC(=O)CCn2c(C)csc2=O)cc1OCCC. The summed E-state index contributed by atoms with van der Waals surface area (Å²) in [6.45, 7) is 7.51. The van der Waals surface area contributed by atoms with Crippen LogP contribution < -0.4 is 19.7 Å². The maximum atomic E-state index is 12.2. The zero-order valence-electron chi connectivity index (χ0n) is 15.5. The third-order valence-electron chi connectivity index (χ3n) is 3.69. The van der Waals surface area contributed by atoms with Crippen LogP contribution in [-0.4, -0.2) is 23.7 Å². The molecule has 1 aromatic heterocycles. The fraction of sp³-hybridized carbons (Fsp3) is 0.474. The van der Waals surface area contributed by atoms with Gasteiger partial charge in [-0.3, -0.25) is 9.59 Å². The Bertz CT molecular complexity index is 782. The molecule has 2 aromatic rings. The zero-order chi connectivity index (χ0) is 18.9. The molecule has 0 bridgehead atoms. The Labute approximate surface area is 157 Å². The van der Waals surface area contributed by atoms with E-state index in [1.165, 1.54) is 0 Å². The summed E-state index contributed by atoms with van der Waals surface area (Å²) in [5.41, 5.74) is 1.53. The molecule has 7 heteroatoms. The van der Waals surface area contributed by atoms with Crippen molar-refractivity contribution in [3.05, 3.63) is 38.9 Å². The number of ether oxygens (including phenoxy) is 2.